The Balaban J connectivity index is 1.66. The quantitative estimate of drug-likeness (QED) is 0.899. The highest BCUT2D eigenvalue weighted by Gasteiger charge is 2.38. The minimum Gasteiger partial charge on any atom is -0.497 e. The Bertz CT molecular complexity index is 625. The first-order chi connectivity index (χ1) is 11.6. The summed E-state index contributed by atoms with van der Waals surface area (Å²) in [7, 11) is 3.13. The van der Waals surface area contributed by atoms with E-state index >= 15 is 0 Å². The van der Waals surface area contributed by atoms with Gasteiger partial charge in [0.2, 0.25) is 11.8 Å². The molecular weight excluding hydrogens is 308 g/mol. The fourth-order valence-corrected chi connectivity index (χ4v) is 3.61. The molecule has 1 aliphatic heterocycles. The topological polar surface area (TPSA) is 67.9 Å². The van der Waals surface area contributed by atoms with E-state index in [0.29, 0.717) is 36.2 Å². The number of ether oxygens (including phenoxy) is 2. The molecule has 0 spiro atoms. The smallest absolute Gasteiger partial charge is 0.229 e. The van der Waals surface area contributed by atoms with Gasteiger partial charge in [0.25, 0.3) is 0 Å². The predicted molar refractivity (Wildman–Crippen MR) is 90.3 cm³/mol. The number of methoxy groups -OCH3 is 2. The Hall–Kier alpha value is -2.24. The molecular formula is C18H24N2O4. The van der Waals surface area contributed by atoms with E-state index in [-0.39, 0.29) is 17.7 Å². The average molecular weight is 332 g/mol. The van der Waals surface area contributed by atoms with Crippen molar-refractivity contribution in [2.24, 2.45) is 5.92 Å². The number of hydrogen-bond acceptors (Lipinski definition) is 4. The molecule has 0 aromatic heterocycles. The van der Waals surface area contributed by atoms with Gasteiger partial charge in [-0.1, -0.05) is 12.8 Å². The molecule has 2 fully saturated rings. The second-order valence-electron chi connectivity index (χ2n) is 6.44. The van der Waals surface area contributed by atoms with Gasteiger partial charge in [-0.25, -0.2) is 0 Å². The standard InChI is InChI=1S/C18H24N2O4/c1-23-14-7-8-15(16(10-14)24-2)19-18(22)12-9-17(21)20(11-12)13-5-3-4-6-13/h7-8,10,12-13H,3-6,9,11H2,1-2H3,(H,19,22)/t12-/m0/s1. The minimum atomic E-state index is -0.301. The summed E-state index contributed by atoms with van der Waals surface area (Å²) >= 11 is 0. The Morgan fingerprint density at radius 1 is 1.21 bits per heavy atom. The number of nitrogens with zero attached hydrogens (tertiary/aromatic N) is 1. The first-order valence-corrected chi connectivity index (χ1v) is 8.44. The number of amides is 2. The van der Waals surface area contributed by atoms with Crippen LogP contribution in [0.2, 0.25) is 0 Å². The maximum atomic E-state index is 12.6. The highest BCUT2D eigenvalue weighted by Crippen LogP contribution is 2.32. The lowest BCUT2D eigenvalue weighted by Gasteiger charge is -2.24. The summed E-state index contributed by atoms with van der Waals surface area (Å²) < 4.78 is 10.5. The van der Waals surface area contributed by atoms with E-state index < -0.39 is 0 Å². The summed E-state index contributed by atoms with van der Waals surface area (Å²) in [6.07, 6.45) is 4.77. The van der Waals surface area contributed by atoms with Gasteiger partial charge in [-0.3, -0.25) is 9.59 Å². The molecule has 2 aliphatic rings. The van der Waals surface area contributed by atoms with Gasteiger partial charge >= 0.3 is 0 Å². The molecule has 24 heavy (non-hydrogen) atoms. The number of carbonyl (C=O) groups is 2. The molecule has 3 rings (SSSR count). The molecule has 1 aromatic carbocycles. The van der Waals surface area contributed by atoms with E-state index in [1.165, 1.54) is 12.8 Å². The predicted octanol–water partition coefficient (Wildman–Crippen LogP) is 2.43. The number of anilines is 1. The fraction of sp³-hybridized carbons (Fsp3) is 0.556. The Kier molecular flexibility index (Phi) is 4.92. The van der Waals surface area contributed by atoms with E-state index in [1.807, 2.05) is 4.90 Å². The van der Waals surface area contributed by atoms with Crippen LogP contribution in [0.1, 0.15) is 32.1 Å². The van der Waals surface area contributed by atoms with E-state index in [0.717, 1.165) is 12.8 Å². The highest BCUT2D eigenvalue weighted by atomic mass is 16.5. The van der Waals surface area contributed by atoms with Crippen LogP contribution in [0.15, 0.2) is 18.2 Å². The largest absolute Gasteiger partial charge is 0.497 e. The van der Waals surface area contributed by atoms with Crippen LogP contribution in [-0.2, 0) is 9.59 Å². The van der Waals surface area contributed by atoms with Crippen LogP contribution in [0, 0.1) is 5.92 Å². The Morgan fingerprint density at radius 2 is 1.96 bits per heavy atom. The highest BCUT2D eigenvalue weighted by molar-refractivity contribution is 5.98. The Morgan fingerprint density at radius 3 is 2.62 bits per heavy atom. The lowest BCUT2D eigenvalue weighted by Crippen LogP contribution is -2.35. The molecule has 1 heterocycles. The second-order valence-corrected chi connectivity index (χ2v) is 6.44. The van der Waals surface area contributed by atoms with E-state index in [2.05, 4.69) is 5.32 Å². The van der Waals surface area contributed by atoms with Crippen LogP contribution < -0.4 is 14.8 Å². The molecule has 1 atom stereocenters. The first-order valence-electron chi connectivity index (χ1n) is 8.44. The molecule has 1 N–H and O–H groups in total. The maximum Gasteiger partial charge on any atom is 0.229 e. The van der Waals surface area contributed by atoms with Gasteiger partial charge in [-0.2, -0.15) is 0 Å². The number of benzene rings is 1. The molecule has 2 amide bonds. The van der Waals surface area contributed by atoms with Crippen LogP contribution in [0.3, 0.4) is 0 Å². The van der Waals surface area contributed by atoms with Crippen molar-refractivity contribution in [1.29, 1.82) is 0 Å². The molecule has 1 saturated heterocycles. The van der Waals surface area contributed by atoms with Crippen LogP contribution in [0.4, 0.5) is 5.69 Å². The third-order valence-corrected chi connectivity index (χ3v) is 4.96. The lowest BCUT2D eigenvalue weighted by atomic mass is 10.1. The second kappa shape index (κ2) is 7.11. The van der Waals surface area contributed by atoms with Crippen LogP contribution in [0.5, 0.6) is 11.5 Å². The molecule has 6 heteroatoms. The molecule has 1 aromatic rings. The van der Waals surface area contributed by atoms with Crippen LogP contribution >= 0.6 is 0 Å². The molecule has 0 unspecified atom stereocenters. The van der Waals surface area contributed by atoms with Crippen molar-refractivity contribution in [1.82, 2.24) is 4.90 Å². The average Bonchev–Trinajstić information content (AvgIpc) is 3.24. The summed E-state index contributed by atoms with van der Waals surface area (Å²) in [5.74, 6) is 0.869. The van der Waals surface area contributed by atoms with E-state index in [1.54, 1.807) is 32.4 Å². The number of hydrogen-bond donors (Lipinski definition) is 1. The van der Waals surface area contributed by atoms with Crippen molar-refractivity contribution >= 4 is 17.5 Å². The van der Waals surface area contributed by atoms with Gasteiger partial charge in [0, 0.05) is 25.1 Å². The Labute approximate surface area is 142 Å². The third-order valence-electron chi connectivity index (χ3n) is 4.96. The molecule has 130 valence electrons. The number of rotatable bonds is 5. The minimum absolute atomic E-state index is 0.101. The summed E-state index contributed by atoms with van der Waals surface area (Å²) in [6.45, 7) is 0.522. The van der Waals surface area contributed by atoms with Gasteiger partial charge in [-0.15, -0.1) is 0 Å². The number of likely N-dealkylation sites (tertiary alicyclic amines) is 1. The molecule has 6 nitrogen and oxygen atoms in total. The monoisotopic (exact) mass is 332 g/mol. The molecule has 1 aliphatic carbocycles. The SMILES string of the molecule is COc1ccc(NC(=O)[C@H]2CC(=O)N(C3CCCC3)C2)c(OC)c1. The van der Waals surface area contributed by atoms with Crippen molar-refractivity contribution in [2.45, 2.75) is 38.1 Å². The summed E-state index contributed by atoms with van der Waals surface area (Å²) in [4.78, 5) is 26.7. The molecule has 0 bridgehead atoms. The van der Waals surface area contributed by atoms with Gasteiger partial charge in [0.05, 0.1) is 25.8 Å². The number of nitrogens with one attached hydrogen (secondary N) is 1. The van der Waals surface area contributed by atoms with Gasteiger partial charge in [-0.05, 0) is 25.0 Å². The van der Waals surface area contributed by atoms with E-state index in [4.69, 9.17) is 9.47 Å². The normalized spacial score (nSPS) is 21.2. The first kappa shape index (κ1) is 16.6. The lowest BCUT2D eigenvalue weighted by molar-refractivity contribution is -0.129. The van der Waals surface area contributed by atoms with Gasteiger partial charge in [0.15, 0.2) is 0 Å². The summed E-state index contributed by atoms with van der Waals surface area (Å²) in [5.41, 5.74) is 0.593. The fourth-order valence-electron chi connectivity index (χ4n) is 3.61. The maximum absolute atomic E-state index is 12.6. The van der Waals surface area contributed by atoms with Crippen molar-refractivity contribution < 1.29 is 19.1 Å². The molecule has 1 saturated carbocycles. The van der Waals surface area contributed by atoms with Crippen LogP contribution in [0.25, 0.3) is 0 Å². The van der Waals surface area contributed by atoms with Crippen molar-refractivity contribution in [3.63, 3.8) is 0 Å². The molecule has 0 radical (unpaired) electrons. The van der Waals surface area contributed by atoms with Crippen molar-refractivity contribution in [3.05, 3.63) is 18.2 Å². The van der Waals surface area contributed by atoms with Gasteiger partial charge < -0.3 is 19.7 Å². The van der Waals surface area contributed by atoms with Crippen LogP contribution in [-0.4, -0.2) is 43.5 Å². The van der Waals surface area contributed by atoms with E-state index in [9.17, 15) is 9.59 Å². The zero-order chi connectivity index (χ0) is 17.1. The summed E-state index contributed by atoms with van der Waals surface area (Å²) in [5, 5.41) is 2.89. The van der Waals surface area contributed by atoms with Crippen molar-refractivity contribution in [2.75, 3.05) is 26.1 Å². The zero-order valence-corrected chi connectivity index (χ0v) is 14.2. The number of carbonyl (C=O) groups excluding carboxylic acids is 2. The van der Waals surface area contributed by atoms with Crippen molar-refractivity contribution in [3.8, 4) is 11.5 Å². The summed E-state index contributed by atoms with van der Waals surface area (Å²) in [6, 6.07) is 5.57. The third kappa shape index (κ3) is 3.32. The van der Waals surface area contributed by atoms with Gasteiger partial charge in [0.1, 0.15) is 11.5 Å². The zero-order valence-electron chi connectivity index (χ0n) is 14.2.